The molecule has 0 aliphatic carbocycles. The van der Waals surface area contributed by atoms with Crippen LogP contribution in [-0.2, 0) is 0 Å². The van der Waals surface area contributed by atoms with Gasteiger partial charge in [0.15, 0.2) is 0 Å². The van der Waals surface area contributed by atoms with Gasteiger partial charge in [-0.3, -0.25) is 4.79 Å². The summed E-state index contributed by atoms with van der Waals surface area (Å²) in [5.74, 6) is -0.0689. The van der Waals surface area contributed by atoms with Crippen molar-refractivity contribution in [2.45, 2.75) is 25.3 Å². The second kappa shape index (κ2) is 5.85. The summed E-state index contributed by atoms with van der Waals surface area (Å²) in [5.41, 5.74) is 0.611. The number of amides is 1. The Morgan fingerprint density at radius 2 is 2.17 bits per heavy atom. The third-order valence-electron chi connectivity index (χ3n) is 3.07. The lowest BCUT2D eigenvalue weighted by atomic mass is 10.0. The lowest BCUT2D eigenvalue weighted by Gasteiger charge is -2.31. The molecule has 1 aliphatic rings. The Morgan fingerprint density at radius 3 is 2.83 bits per heavy atom. The van der Waals surface area contributed by atoms with E-state index in [-0.39, 0.29) is 11.9 Å². The van der Waals surface area contributed by atoms with Crippen LogP contribution in [0.25, 0.3) is 0 Å². The standard InChI is InChI=1S/C13H12Br2N2O/c14-9-4-5-11(12(15)7-9)13(18)17-6-2-1-3-10(17)8-16/h4-5,7,10H,1-3,6H2. The molecule has 0 bridgehead atoms. The minimum absolute atomic E-state index is 0.0689. The highest BCUT2D eigenvalue weighted by Gasteiger charge is 2.28. The van der Waals surface area contributed by atoms with Gasteiger partial charge >= 0.3 is 0 Å². The number of likely N-dealkylation sites (tertiary alicyclic amines) is 1. The van der Waals surface area contributed by atoms with Crippen molar-refractivity contribution in [3.05, 3.63) is 32.7 Å². The van der Waals surface area contributed by atoms with Gasteiger partial charge in [-0.05, 0) is 53.4 Å². The Morgan fingerprint density at radius 1 is 1.39 bits per heavy atom. The van der Waals surface area contributed by atoms with Gasteiger partial charge in [-0.1, -0.05) is 15.9 Å². The monoisotopic (exact) mass is 370 g/mol. The van der Waals surface area contributed by atoms with E-state index < -0.39 is 0 Å². The molecule has 1 unspecified atom stereocenters. The van der Waals surface area contributed by atoms with Crippen molar-refractivity contribution < 1.29 is 4.79 Å². The third-order valence-corrected chi connectivity index (χ3v) is 4.22. The second-order valence-corrected chi connectivity index (χ2v) is 6.03. The summed E-state index contributed by atoms with van der Waals surface area (Å²) in [6.45, 7) is 0.666. The zero-order valence-corrected chi connectivity index (χ0v) is 12.9. The number of rotatable bonds is 1. The topological polar surface area (TPSA) is 44.1 Å². The van der Waals surface area contributed by atoms with Crippen molar-refractivity contribution >= 4 is 37.8 Å². The van der Waals surface area contributed by atoms with Crippen LogP contribution >= 0.6 is 31.9 Å². The Labute approximate surface area is 123 Å². The lowest BCUT2D eigenvalue weighted by molar-refractivity contribution is 0.0669. The molecule has 5 heteroatoms. The fourth-order valence-electron chi connectivity index (χ4n) is 2.13. The third kappa shape index (κ3) is 2.76. The number of hydrogen-bond acceptors (Lipinski definition) is 2. The number of halogens is 2. The molecule has 3 nitrogen and oxygen atoms in total. The summed E-state index contributed by atoms with van der Waals surface area (Å²) in [4.78, 5) is 14.1. The van der Waals surface area contributed by atoms with Gasteiger partial charge in [-0.15, -0.1) is 0 Å². The molecule has 1 saturated heterocycles. The first kappa shape index (κ1) is 13.6. The summed E-state index contributed by atoms with van der Waals surface area (Å²) in [7, 11) is 0. The molecule has 1 heterocycles. The summed E-state index contributed by atoms with van der Waals surface area (Å²) in [5, 5.41) is 9.11. The van der Waals surface area contributed by atoms with Gasteiger partial charge in [0.25, 0.3) is 5.91 Å². The Balaban J connectivity index is 2.27. The lowest BCUT2D eigenvalue weighted by Crippen LogP contribution is -2.43. The Bertz CT molecular complexity index is 510. The van der Waals surface area contributed by atoms with E-state index in [1.54, 1.807) is 11.0 Å². The smallest absolute Gasteiger partial charge is 0.256 e. The van der Waals surface area contributed by atoms with E-state index in [4.69, 9.17) is 5.26 Å². The number of nitriles is 1. The first-order valence-corrected chi connectivity index (χ1v) is 7.37. The van der Waals surface area contributed by atoms with E-state index in [1.807, 2.05) is 12.1 Å². The molecule has 2 rings (SSSR count). The van der Waals surface area contributed by atoms with E-state index in [2.05, 4.69) is 37.9 Å². The van der Waals surface area contributed by atoms with Crippen molar-refractivity contribution in [2.24, 2.45) is 0 Å². The highest BCUT2D eigenvalue weighted by Crippen LogP contribution is 2.26. The van der Waals surface area contributed by atoms with Crippen LogP contribution in [0.2, 0.25) is 0 Å². The number of nitrogens with zero attached hydrogens (tertiary/aromatic N) is 2. The van der Waals surface area contributed by atoms with Crippen molar-refractivity contribution in [1.82, 2.24) is 4.90 Å². The van der Waals surface area contributed by atoms with E-state index >= 15 is 0 Å². The van der Waals surface area contributed by atoms with Crippen molar-refractivity contribution in [3.8, 4) is 6.07 Å². The first-order chi connectivity index (χ1) is 8.63. The molecule has 0 spiro atoms. The number of carbonyl (C=O) groups is 1. The van der Waals surface area contributed by atoms with Gasteiger partial charge in [0.1, 0.15) is 6.04 Å². The van der Waals surface area contributed by atoms with Crippen molar-refractivity contribution in [3.63, 3.8) is 0 Å². The van der Waals surface area contributed by atoms with Crippen LogP contribution in [0.1, 0.15) is 29.6 Å². The molecule has 0 radical (unpaired) electrons. The molecule has 94 valence electrons. The van der Waals surface area contributed by atoms with Crippen LogP contribution in [0, 0.1) is 11.3 Å². The molecule has 1 aromatic rings. The average Bonchev–Trinajstić information content (AvgIpc) is 2.38. The molecule has 1 aliphatic heterocycles. The molecule has 1 fully saturated rings. The summed E-state index contributed by atoms with van der Waals surface area (Å²) < 4.78 is 1.67. The zero-order chi connectivity index (χ0) is 13.1. The minimum atomic E-state index is -0.290. The van der Waals surface area contributed by atoms with E-state index in [0.717, 1.165) is 28.2 Å². The molecule has 18 heavy (non-hydrogen) atoms. The van der Waals surface area contributed by atoms with Crippen LogP contribution in [0.15, 0.2) is 27.1 Å². The molecular weight excluding hydrogens is 360 g/mol. The molecular formula is C13H12Br2N2O. The maximum Gasteiger partial charge on any atom is 0.256 e. The number of carbonyl (C=O) groups excluding carboxylic acids is 1. The predicted molar refractivity (Wildman–Crippen MR) is 76.1 cm³/mol. The summed E-state index contributed by atoms with van der Waals surface area (Å²) in [6.07, 6.45) is 2.76. The van der Waals surface area contributed by atoms with Gasteiger partial charge in [0, 0.05) is 15.5 Å². The van der Waals surface area contributed by atoms with Crippen LogP contribution in [0.5, 0.6) is 0 Å². The minimum Gasteiger partial charge on any atom is -0.323 e. The zero-order valence-electron chi connectivity index (χ0n) is 9.70. The molecule has 1 amide bonds. The molecule has 1 aromatic carbocycles. The molecule has 0 aromatic heterocycles. The molecule has 0 N–H and O–H groups in total. The highest BCUT2D eigenvalue weighted by molar-refractivity contribution is 9.11. The molecule has 0 saturated carbocycles. The first-order valence-electron chi connectivity index (χ1n) is 5.79. The quantitative estimate of drug-likeness (QED) is 0.754. The van der Waals surface area contributed by atoms with Crippen LogP contribution in [-0.4, -0.2) is 23.4 Å². The average molecular weight is 372 g/mol. The maximum absolute atomic E-state index is 12.4. The fraction of sp³-hybridized carbons (Fsp3) is 0.385. The normalized spacial score (nSPS) is 19.4. The van der Waals surface area contributed by atoms with Gasteiger partial charge < -0.3 is 4.90 Å². The largest absolute Gasteiger partial charge is 0.323 e. The summed E-state index contributed by atoms with van der Waals surface area (Å²) >= 11 is 6.76. The van der Waals surface area contributed by atoms with Crippen LogP contribution < -0.4 is 0 Å². The van der Waals surface area contributed by atoms with Gasteiger partial charge in [-0.2, -0.15) is 5.26 Å². The molecule has 1 atom stereocenters. The van der Waals surface area contributed by atoms with E-state index in [1.165, 1.54) is 0 Å². The van der Waals surface area contributed by atoms with Gasteiger partial charge in [0.05, 0.1) is 11.6 Å². The van der Waals surface area contributed by atoms with Crippen molar-refractivity contribution in [1.29, 1.82) is 5.26 Å². The SMILES string of the molecule is N#CC1CCCCN1C(=O)c1ccc(Br)cc1Br. The number of hydrogen-bond donors (Lipinski definition) is 0. The van der Waals surface area contributed by atoms with Crippen LogP contribution in [0.4, 0.5) is 0 Å². The van der Waals surface area contributed by atoms with Crippen LogP contribution in [0.3, 0.4) is 0 Å². The number of benzene rings is 1. The highest BCUT2D eigenvalue weighted by atomic mass is 79.9. The van der Waals surface area contributed by atoms with Gasteiger partial charge in [0.2, 0.25) is 0 Å². The van der Waals surface area contributed by atoms with Crippen molar-refractivity contribution in [2.75, 3.05) is 6.54 Å². The maximum atomic E-state index is 12.4. The Hall–Kier alpha value is -0.860. The second-order valence-electron chi connectivity index (χ2n) is 4.26. The van der Waals surface area contributed by atoms with E-state index in [0.29, 0.717) is 12.1 Å². The predicted octanol–water partition coefficient (Wildman–Crippen LogP) is 3.73. The number of piperidine rings is 1. The van der Waals surface area contributed by atoms with Gasteiger partial charge in [-0.25, -0.2) is 0 Å². The fourth-order valence-corrected chi connectivity index (χ4v) is 3.34. The summed E-state index contributed by atoms with van der Waals surface area (Å²) in [6, 6.07) is 7.39. The van der Waals surface area contributed by atoms with E-state index in [9.17, 15) is 4.79 Å². The Kier molecular flexibility index (Phi) is 4.41.